The molecule has 0 aromatic rings. The topological polar surface area (TPSA) is 21.3 Å². The summed E-state index contributed by atoms with van der Waals surface area (Å²) >= 11 is 0. The fourth-order valence-electron chi connectivity index (χ4n) is 8.48. The Balaban J connectivity index is 1.11. The van der Waals surface area contributed by atoms with E-state index >= 15 is 0 Å². The lowest BCUT2D eigenvalue weighted by Gasteiger charge is -2.46. The fourth-order valence-corrected chi connectivity index (χ4v) is 8.48. The zero-order valence-electron chi connectivity index (χ0n) is 13.3. The molecule has 10 unspecified atom stereocenters. The van der Waals surface area contributed by atoms with Crippen molar-refractivity contribution in [1.29, 1.82) is 0 Å². The van der Waals surface area contributed by atoms with Gasteiger partial charge in [0.15, 0.2) is 0 Å². The van der Waals surface area contributed by atoms with Gasteiger partial charge in [0.2, 0.25) is 0 Å². The first-order chi connectivity index (χ1) is 10.4. The lowest BCUT2D eigenvalue weighted by atomic mass is 9.59. The van der Waals surface area contributed by atoms with E-state index in [1.807, 2.05) is 0 Å². The molecule has 2 heterocycles. The van der Waals surface area contributed by atoms with Gasteiger partial charge in [-0.1, -0.05) is 39.0 Å². The maximum absolute atomic E-state index is 6.69. The first-order valence-electron chi connectivity index (χ1n) is 9.81. The van der Waals surface area contributed by atoms with Crippen LogP contribution >= 0.6 is 0 Å². The second kappa shape index (κ2) is 3.87. The molecule has 4 bridgehead atoms. The highest BCUT2D eigenvalue weighted by Gasteiger charge is 2.92. The Morgan fingerprint density at radius 2 is 1.76 bits per heavy atom. The van der Waals surface area contributed by atoms with E-state index in [4.69, 9.17) is 4.74 Å². The average molecular weight is 287 g/mol. The Morgan fingerprint density at radius 1 is 0.905 bits per heavy atom. The van der Waals surface area contributed by atoms with Gasteiger partial charge in [0, 0.05) is 11.8 Å². The summed E-state index contributed by atoms with van der Waals surface area (Å²) in [7, 11) is 0. The van der Waals surface area contributed by atoms with E-state index in [0.717, 1.165) is 47.3 Å². The van der Waals surface area contributed by atoms with Crippen LogP contribution in [0.4, 0.5) is 0 Å². The van der Waals surface area contributed by atoms with Crippen LogP contribution in [0.25, 0.3) is 0 Å². The van der Waals surface area contributed by atoms with Crippen LogP contribution in [-0.2, 0) is 4.74 Å². The second-order valence-electron chi connectivity index (χ2n) is 8.99. The number of nitrogens with one attached hydrogen (secondary N) is 1. The highest BCUT2D eigenvalue weighted by molar-refractivity contribution is 5.38. The first kappa shape index (κ1) is 12.4. The van der Waals surface area contributed by atoms with Crippen LogP contribution in [0, 0.1) is 47.3 Å². The lowest BCUT2D eigenvalue weighted by molar-refractivity contribution is -0.0575. The molecule has 2 nitrogen and oxygen atoms in total. The molecule has 7 aliphatic rings. The SMILES string of the molecule is CCCCCCCCNC12OC3C4C5CC(C6C5C3C61)C42. The van der Waals surface area contributed by atoms with Gasteiger partial charge in [-0.2, -0.15) is 0 Å². The van der Waals surface area contributed by atoms with Crippen molar-refractivity contribution in [3.05, 3.63) is 0 Å². The number of hydrogen-bond acceptors (Lipinski definition) is 2. The van der Waals surface area contributed by atoms with E-state index in [1.165, 1.54) is 45.1 Å². The Morgan fingerprint density at radius 3 is 2.67 bits per heavy atom. The number of hydrogen-bond donors (Lipinski definition) is 1. The van der Waals surface area contributed by atoms with Crippen molar-refractivity contribution in [3.8, 4) is 0 Å². The van der Waals surface area contributed by atoms with Gasteiger partial charge in [0.25, 0.3) is 0 Å². The van der Waals surface area contributed by atoms with E-state index in [1.54, 1.807) is 6.42 Å². The third kappa shape index (κ3) is 1.14. The largest absolute Gasteiger partial charge is 0.356 e. The summed E-state index contributed by atoms with van der Waals surface area (Å²) in [5.74, 6) is 8.20. The van der Waals surface area contributed by atoms with Crippen molar-refractivity contribution >= 4 is 0 Å². The van der Waals surface area contributed by atoms with Crippen molar-refractivity contribution in [2.24, 2.45) is 47.3 Å². The van der Waals surface area contributed by atoms with Crippen molar-refractivity contribution < 1.29 is 4.74 Å². The molecule has 2 saturated heterocycles. The van der Waals surface area contributed by atoms with E-state index in [2.05, 4.69) is 12.2 Å². The molecule has 7 rings (SSSR count). The molecule has 7 fully saturated rings. The van der Waals surface area contributed by atoms with E-state index < -0.39 is 0 Å². The summed E-state index contributed by atoms with van der Waals surface area (Å²) in [5.41, 5.74) is 0.181. The minimum Gasteiger partial charge on any atom is -0.356 e. The maximum atomic E-state index is 6.69. The van der Waals surface area contributed by atoms with Gasteiger partial charge < -0.3 is 4.74 Å². The molecule has 0 radical (unpaired) electrons. The molecule has 116 valence electrons. The molecule has 0 amide bonds. The predicted molar refractivity (Wildman–Crippen MR) is 81.5 cm³/mol. The van der Waals surface area contributed by atoms with Gasteiger partial charge in [-0.25, -0.2) is 0 Å². The van der Waals surface area contributed by atoms with Gasteiger partial charge in [-0.15, -0.1) is 0 Å². The van der Waals surface area contributed by atoms with E-state index in [9.17, 15) is 0 Å². The van der Waals surface area contributed by atoms with Crippen molar-refractivity contribution in [3.63, 3.8) is 0 Å². The number of rotatable bonds is 8. The molecule has 0 spiro atoms. The van der Waals surface area contributed by atoms with E-state index in [0.29, 0.717) is 6.10 Å². The van der Waals surface area contributed by atoms with Crippen LogP contribution in [0.3, 0.4) is 0 Å². The number of unbranched alkanes of at least 4 members (excludes halogenated alkanes) is 5. The van der Waals surface area contributed by atoms with Gasteiger partial charge in [-0.3, -0.25) is 5.32 Å². The molecular formula is C19H29NO. The minimum absolute atomic E-state index is 0.181. The summed E-state index contributed by atoms with van der Waals surface area (Å²) in [6.07, 6.45) is 10.7. The van der Waals surface area contributed by atoms with Gasteiger partial charge in [0.05, 0.1) is 6.10 Å². The Bertz CT molecular complexity index is 468. The van der Waals surface area contributed by atoms with E-state index in [-0.39, 0.29) is 5.72 Å². The Labute approximate surface area is 128 Å². The standard InChI is InChI=1S/C19H29NO/c1-2-3-4-5-6-7-8-20-19-16-11-9-10-12-13(11)17(19)15(12)18(21-19)14(10)16/h10-18,20H,2-9H2,1H3. The van der Waals surface area contributed by atoms with Crippen molar-refractivity contribution in [2.45, 2.75) is 63.7 Å². The quantitative estimate of drug-likeness (QED) is 0.691. The molecule has 21 heavy (non-hydrogen) atoms. The molecule has 5 aliphatic carbocycles. The molecule has 10 atom stereocenters. The van der Waals surface area contributed by atoms with Crippen LogP contribution in [0.15, 0.2) is 0 Å². The lowest BCUT2D eigenvalue weighted by Crippen LogP contribution is -2.56. The highest BCUT2D eigenvalue weighted by Crippen LogP contribution is 2.89. The summed E-state index contributed by atoms with van der Waals surface area (Å²) in [6, 6.07) is 0. The van der Waals surface area contributed by atoms with Gasteiger partial charge in [-0.05, 0) is 54.9 Å². The molecule has 0 aromatic carbocycles. The fraction of sp³-hybridized carbons (Fsp3) is 1.00. The summed E-state index contributed by atoms with van der Waals surface area (Å²) in [4.78, 5) is 0. The summed E-state index contributed by atoms with van der Waals surface area (Å²) < 4.78 is 6.69. The number of ether oxygens (including phenoxy) is 1. The first-order valence-corrected chi connectivity index (χ1v) is 9.81. The molecular weight excluding hydrogens is 258 g/mol. The third-order valence-electron chi connectivity index (χ3n) is 8.63. The Hall–Kier alpha value is -0.0800. The van der Waals surface area contributed by atoms with Gasteiger partial charge in [0.1, 0.15) is 5.72 Å². The van der Waals surface area contributed by atoms with Gasteiger partial charge >= 0.3 is 0 Å². The third-order valence-corrected chi connectivity index (χ3v) is 8.63. The summed E-state index contributed by atoms with van der Waals surface area (Å²) in [5, 5.41) is 3.99. The maximum Gasteiger partial charge on any atom is 0.126 e. The van der Waals surface area contributed by atoms with Crippen LogP contribution < -0.4 is 5.32 Å². The summed E-state index contributed by atoms with van der Waals surface area (Å²) in [6.45, 7) is 3.51. The monoisotopic (exact) mass is 287 g/mol. The average Bonchev–Trinajstić information content (AvgIpc) is 3.10. The highest BCUT2D eigenvalue weighted by atomic mass is 16.5. The molecule has 2 aliphatic heterocycles. The zero-order valence-corrected chi connectivity index (χ0v) is 13.3. The second-order valence-corrected chi connectivity index (χ2v) is 8.99. The molecule has 2 heteroatoms. The smallest absolute Gasteiger partial charge is 0.126 e. The van der Waals surface area contributed by atoms with Crippen molar-refractivity contribution in [1.82, 2.24) is 5.32 Å². The van der Waals surface area contributed by atoms with Crippen LogP contribution in [0.1, 0.15) is 51.9 Å². The minimum atomic E-state index is 0.181. The van der Waals surface area contributed by atoms with Crippen LogP contribution in [-0.4, -0.2) is 18.4 Å². The molecule has 5 saturated carbocycles. The predicted octanol–water partition coefficient (Wildman–Crippen LogP) is 3.42. The normalized spacial score (nSPS) is 62.4. The van der Waals surface area contributed by atoms with Crippen molar-refractivity contribution in [2.75, 3.05) is 6.54 Å². The zero-order chi connectivity index (χ0) is 13.8. The Kier molecular flexibility index (Phi) is 2.28. The molecule has 0 aromatic heterocycles. The van der Waals surface area contributed by atoms with Crippen LogP contribution in [0.2, 0.25) is 0 Å². The van der Waals surface area contributed by atoms with Crippen LogP contribution in [0.5, 0.6) is 0 Å². The molecule has 1 N–H and O–H groups in total.